The molecule has 94 valence electrons. The first-order chi connectivity index (χ1) is 8.33. The van der Waals surface area contributed by atoms with Gasteiger partial charge in [0.15, 0.2) is 0 Å². The second-order valence-electron chi connectivity index (χ2n) is 5.00. The predicted molar refractivity (Wildman–Crippen MR) is 68.8 cm³/mol. The number of aromatic nitrogens is 2. The average molecular weight is 253 g/mol. The van der Waals surface area contributed by atoms with E-state index in [1.165, 1.54) is 43.9 Å². The minimum atomic E-state index is 0.755. The fourth-order valence-electron chi connectivity index (χ4n) is 2.90. The summed E-state index contributed by atoms with van der Waals surface area (Å²) in [6.45, 7) is 5.65. The van der Waals surface area contributed by atoms with E-state index in [0.717, 1.165) is 36.4 Å². The molecule has 1 aromatic heterocycles. The van der Waals surface area contributed by atoms with E-state index in [-0.39, 0.29) is 0 Å². The lowest BCUT2D eigenvalue weighted by molar-refractivity contribution is 0.0452. The lowest BCUT2D eigenvalue weighted by Crippen LogP contribution is -2.54. The zero-order valence-electron chi connectivity index (χ0n) is 10.0. The van der Waals surface area contributed by atoms with Gasteiger partial charge < -0.3 is 5.73 Å². The van der Waals surface area contributed by atoms with Crippen LogP contribution in [0.1, 0.15) is 25.0 Å². The monoisotopic (exact) mass is 253 g/mol. The van der Waals surface area contributed by atoms with E-state index in [9.17, 15) is 0 Å². The molecule has 0 aliphatic carbocycles. The molecule has 2 aliphatic heterocycles. The van der Waals surface area contributed by atoms with Crippen LogP contribution >= 0.6 is 11.5 Å². The van der Waals surface area contributed by atoms with Gasteiger partial charge in [-0.3, -0.25) is 9.80 Å². The molecule has 1 aromatic rings. The number of piperidine rings is 1. The molecule has 3 heterocycles. The summed E-state index contributed by atoms with van der Waals surface area (Å²) in [6, 6.07) is 0.755. The second-order valence-corrected chi connectivity index (χ2v) is 5.79. The number of nitrogens with two attached hydrogens (primary N) is 1. The molecule has 2 fully saturated rings. The van der Waals surface area contributed by atoms with Gasteiger partial charge in [-0.1, -0.05) is 10.9 Å². The van der Waals surface area contributed by atoms with Crippen molar-refractivity contribution in [2.75, 3.05) is 31.9 Å². The van der Waals surface area contributed by atoms with Gasteiger partial charge in [-0.2, -0.15) is 0 Å². The fourth-order valence-corrected chi connectivity index (χ4v) is 3.34. The van der Waals surface area contributed by atoms with Crippen LogP contribution in [-0.2, 0) is 6.54 Å². The fraction of sp³-hybridized carbons (Fsp3) is 0.818. The van der Waals surface area contributed by atoms with Gasteiger partial charge in [0.1, 0.15) is 10.7 Å². The summed E-state index contributed by atoms with van der Waals surface area (Å²) in [5.41, 5.74) is 6.80. The standard InChI is InChI=1S/C11H19N5S/c12-11-10(13-14-17-11)8-15-5-6-16-4-2-1-3-9(16)7-15/h9H,1-8,12H2. The molecule has 0 amide bonds. The number of nitrogens with zero attached hydrogens (tertiary/aromatic N) is 4. The van der Waals surface area contributed by atoms with Gasteiger partial charge in [0.05, 0.1) is 0 Å². The number of hydrogen-bond acceptors (Lipinski definition) is 6. The maximum atomic E-state index is 5.85. The number of hydrogen-bond donors (Lipinski definition) is 1. The molecular weight excluding hydrogens is 234 g/mol. The molecule has 2 aliphatic rings. The Kier molecular flexibility index (Phi) is 3.26. The molecular formula is C11H19N5S. The normalized spacial score (nSPS) is 26.9. The molecule has 0 spiro atoms. The minimum Gasteiger partial charge on any atom is -0.388 e. The maximum absolute atomic E-state index is 5.85. The third kappa shape index (κ3) is 2.43. The van der Waals surface area contributed by atoms with Gasteiger partial charge in [-0.05, 0) is 19.4 Å². The summed E-state index contributed by atoms with van der Waals surface area (Å²) < 4.78 is 3.90. The minimum absolute atomic E-state index is 0.755. The zero-order chi connectivity index (χ0) is 11.7. The first-order valence-electron chi connectivity index (χ1n) is 6.36. The number of rotatable bonds is 2. The molecule has 6 heteroatoms. The molecule has 0 aromatic carbocycles. The molecule has 3 rings (SSSR count). The summed E-state index contributed by atoms with van der Waals surface area (Å²) in [5, 5.41) is 4.88. The molecule has 17 heavy (non-hydrogen) atoms. The molecule has 0 bridgehead atoms. The van der Waals surface area contributed by atoms with Crippen LogP contribution in [0.5, 0.6) is 0 Å². The topological polar surface area (TPSA) is 58.3 Å². The SMILES string of the molecule is Nc1snnc1CN1CCN2CCCCC2C1. The van der Waals surface area contributed by atoms with Crippen LogP contribution in [0.2, 0.25) is 0 Å². The van der Waals surface area contributed by atoms with E-state index in [0.29, 0.717) is 0 Å². The van der Waals surface area contributed by atoms with Crippen molar-refractivity contribution in [3.05, 3.63) is 5.69 Å². The lowest BCUT2D eigenvalue weighted by Gasteiger charge is -2.43. The first kappa shape index (κ1) is 11.4. The summed E-state index contributed by atoms with van der Waals surface area (Å²) in [7, 11) is 0. The van der Waals surface area contributed by atoms with Crippen molar-refractivity contribution in [1.82, 2.24) is 19.4 Å². The Bertz CT molecular complexity index is 380. The Morgan fingerprint density at radius 1 is 1.29 bits per heavy atom. The number of nitrogen functional groups attached to an aromatic ring is 1. The van der Waals surface area contributed by atoms with Crippen molar-refractivity contribution in [2.45, 2.75) is 31.8 Å². The van der Waals surface area contributed by atoms with E-state index in [1.807, 2.05) is 0 Å². The van der Waals surface area contributed by atoms with Crippen molar-refractivity contribution < 1.29 is 0 Å². The van der Waals surface area contributed by atoms with Crippen LogP contribution in [0.4, 0.5) is 5.00 Å². The average Bonchev–Trinajstić information content (AvgIpc) is 2.75. The van der Waals surface area contributed by atoms with Crippen LogP contribution in [0.25, 0.3) is 0 Å². The summed E-state index contributed by atoms with van der Waals surface area (Å²) in [6.07, 6.45) is 4.11. The highest BCUT2D eigenvalue weighted by molar-refractivity contribution is 7.09. The summed E-state index contributed by atoms with van der Waals surface area (Å²) in [5.74, 6) is 0. The van der Waals surface area contributed by atoms with Crippen molar-refractivity contribution >= 4 is 16.5 Å². The Hall–Kier alpha value is -0.720. The molecule has 2 saturated heterocycles. The third-order valence-electron chi connectivity index (χ3n) is 3.88. The quantitative estimate of drug-likeness (QED) is 0.844. The van der Waals surface area contributed by atoms with Crippen molar-refractivity contribution in [2.24, 2.45) is 0 Å². The van der Waals surface area contributed by atoms with Gasteiger partial charge in [0.2, 0.25) is 0 Å². The molecule has 0 saturated carbocycles. The lowest BCUT2D eigenvalue weighted by atomic mass is 9.99. The Morgan fingerprint density at radius 2 is 2.24 bits per heavy atom. The highest BCUT2D eigenvalue weighted by Gasteiger charge is 2.29. The number of piperazine rings is 1. The van der Waals surface area contributed by atoms with Gasteiger partial charge in [0.25, 0.3) is 0 Å². The molecule has 1 atom stereocenters. The van der Waals surface area contributed by atoms with Gasteiger partial charge in [0, 0.05) is 43.8 Å². The van der Waals surface area contributed by atoms with Crippen LogP contribution in [0, 0.1) is 0 Å². The second kappa shape index (κ2) is 4.88. The molecule has 2 N–H and O–H groups in total. The van der Waals surface area contributed by atoms with E-state index < -0.39 is 0 Å². The summed E-state index contributed by atoms with van der Waals surface area (Å²) >= 11 is 1.30. The van der Waals surface area contributed by atoms with Gasteiger partial charge in [-0.25, -0.2) is 0 Å². The van der Waals surface area contributed by atoms with Crippen LogP contribution in [-0.4, -0.2) is 51.6 Å². The van der Waals surface area contributed by atoms with Crippen LogP contribution in [0.3, 0.4) is 0 Å². The van der Waals surface area contributed by atoms with Crippen LogP contribution in [0.15, 0.2) is 0 Å². The molecule has 0 radical (unpaired) electrons. The number of anilines is 1. The first-order valence-corrected chi connectivity index (χ1v) is 7.13. The van der Waals surface area contributed by atoms with Crippen LogP contribution < -0.4 is 5.73 Å². The molecule has 1 unspecified atom stereocenters. The van der Waals surface area contributed by atoms with Gasteiger partial charge >= 0.3 is 0 Å². The Labute approximate surface area is 106 Å². The third-order valence-corrected chi connectivity index (χ3v) is 4.48. The predicted octanol–water partition coefficient (Wildman–Crippen LogP) is 0.790. The zero-order valence-corrected chi connectivity index (χ0v) is 10.8. The highest BCUT2D eigenvalue weighted by atomic mass is 32.1. The van der Waals surface area contributed by atoms with Crippen molar-refractivity contribution in [1.29, 1.82) is 0 Å². The van der Waals surface area contributed by atoms with Gasteiger partial charge in [-0.15, -0.1) is 5.10 Å². The molecule has 5 nitrogen and oxygen atoms in total. The van der Waals surface area contributed by atoms with E-state index >= 15 is 0 Å². The Morgan fingerprint density at radius 3 is 3.06 bits per heavy atom. The van der Waals surface area contributed by atoms with Crippen molar-refractivity contribution in [3.8, 4) is 0 Å². The summed E-state index contributed by atoms with van der Waals surface area (Å²) in [4.78, 5) is 5.11. The largest absolute Gasteiger partial charge is 0.388 e. The van der Waals surface area contributed by atoms with E-state index in [2.05, 4.69) is 19.4 Å². The van der Waals surface area contributed by atoms with E-state index in [4.69, 9.17) is 5.73 Å². The maximum Gasteiger partial charge on any atom is 0.132 e. The van der Waals surface area contributed by atoms with E-state index in [1.54, 1.807) is 0 Å². The highest BCUT2D eigenvalue weighted by Crippen LogP contribution is 2.23. The van der Waals surface area contributed by atoms with Crippen molar-refractivity contribution in [3.63, 3.8) is 0 Å². The Balaban J connectivity index is 1.60. The number of fused-ring (bicyclic) bond motifs is 1. The smallest absolute Gasteiger partial charge is 0.132 e.